The molecule has 1 saturated heterocycles. The van der Waals surface area contributed by atoms with Gasteiger partial charge in [-0.15, -0.1) is 11.3 Å². The number of hydrogen-bond donors (Lipinski definition) is 1. The maximum Gasteiger partial charge on any atom is 0.262 e. The van der Waals surface area contributed by atoms with E-state index in [1.165, 1.54) is 21.5 Å². The Morgan fingerprint density at radius 2 is 1.79 bits per heavy atom. The van der Waals surface area contributed by atoms with Gasteiger partial charge in [-0.05, 0) is 56.3 Å². The fraction of sp³-hybridized carbons (Fsp3) is 0.450. The highest BCUT2D eigenvalue weighted by molar-refractivity contribution is 7.89. The minimum Gasteiger partial charge on any atom is -0.369 e. The van der Waals surface area contributed by atoms with E-state index in [1.807, 2.05) is 13.8 Å². The number of amides is 1. The zero-order valence-corrected chi connectivity index (χ0v) is 18.4. The smallest absolute Gasteiger partial charge is 0.262 e. The summed E-state index contributed by atoms with van der Waals surface area (Å²) in [5, 5.41) is 4.44. The van der Waals surface area contributed by atoms with Crippen LogP contribution in [0.5, 0.6) is 0 Å². The maximum atomic E-state index is 13.2. The van der Waals surface area contributed by atoms with Crippen molar-refractivity contribution in [3.63, 3.8) is 0 Å². The second kappa shape index (κ2) is 8.23. The van der Waals surface area contributed by atoms with Gasteiger partial charge in [-0.25, -0.2) is 8.42 Å². The Kier molecular flexibility index (Phi) is 6.12. The summed E-state index contributed by atoms with van der Waals surface area (Å²) >= 11 is 1.16. The van der Waals surface area contributed by atoms with Crippen LogP contribution in [-0.2, 0) is 10.0 Å². The van der Waals surface area contributed by atoms with Gasteiger partial charge in [0.25, 0.3) is 5.91 Å². The SMILES string of the molecule is Cc1ccc(C)c(N2CCN(S(=O)(=O)c3ccsc3C(=O)NC(C)C)CC2)c1. The highest BCUT2D eigenvalue weighted by Gasteiger charge is 2.33. The average Bonchev–Trinajstić information content (AvgIpc) is 3.14. The van der Waals surface area contributed by atoms with Crippen molar-refractivity contribution in [3.8, 4) is 0 Å². The molecule has 0 saturated carbocycles. The zero-order chi connectivity index (χ0) is 20.5. The van der Waals surface area contributed by atoms with Crippen molar-refractivity contribution < 1.29 is 13.2 Å². The normalized spacial score (nSPS) is 15.8. The van der Waals surface area contributed by atoms with Gasteiger partial charge in [-0.1, -0.05) is 12.1 Å². The molecule has 1 aromatic heterocycles. The summed E-state index contributed by atoms with van der Waals surface area (Å²) < 4.78 is 27.8. The number of rotatable bonds is 5. The van der Waals surface area contributed by atoms with Crippen molar-refractivity contribution in [2.24, 2.45) is 0 Å². The molecule has 8 heteroatoms. The van der Waals surface area contributed by atoms with Crippen molar-refractivity contribution in [3.05, 3.63) is 45.6 Å². The molecule has 1 fully saturated rings. The standard InChI is InChI=1S/C20H27N3O3S2/c1-14(2)21-20(24)19-18(7-12-27-19)28(25,26)23-10-8-22(9-11-23)17-13-15(3)5-6-16(17)4/h5-7,12-14H,8-11H2,1-4H3,(H,21,24). The van der Waals surface area contributed by atoms with Crippen LogP contribution in [-0.4, -0.2) is 50.9 Å². The molecular formula is C20H27N3O3S2. The van der Waals surface area contributed by atoms with Crippen LogP contribution in [0.4, 0.5) is 5.69 Å². The van der Waals surface area contributed by atoms with Gasteiger partial charge in [-0.2, -0.15) is 4.31 Å². The Hall–Kier alpha value is -1.90. The van der Waals surface area contributed by atoms with Gasteiger partial charge in [-0.3, -0.25) is 4.79 Å². The predicted molar refractivity (Wildman–Crippen MR) is 114 cm³/mol. The monoisotopic (exact) mass is 421 g/mol. The van der Waals surface area contributed by atoms with Crippen LogP contribution in [0.25, 0.3) is 0 Å². The number of aryl methyl sites for hydroxylation is 2. The third-order valence-corrected chi connectivity index (χ3v) is 7.80. The molecule has 28 heavy (non-hydrogen) atoms. The quantitative estimate of drug-likeness (QED) is 0.806. The summed E-state index contributed by atoms with van der Waals surface area (Å²) in [5.74, 6) is -0.336. The number of piperazine rings is 1. The Balaban J connectivity index is 1.76. The predicted octanol–water partition coefficient (Wildman–Crippen LogP) is 3.01. The molecule has 1 amide bonds. The van der Waals surface area contributed by atoms with Gasteiger partial charge in [0.1, 0.15) is 9.77 Å². The molecule has 2 heterocycles. The number of carbonyl (C=O) groups excluding carboxylic acids is 1. The van der Waals surface area contributed by atoms with Crippen LogP contribution in [0.1, 0.15) is 34.6 Å². The molecule has 1 aliphatic heterocycles. The second-order valence-electron chi connectivity index (χ2n) is 7.42. The van der Waals surface area contributed by atoms with E-state index in [2.05, 4.69) is 42.3 Å². The van der Waals surface area contributed by atoms with E-state index in [9.17, 15) is 13.2 Å². The molecule has 0 spiro atoms. The van der Waals surface area contributed by atoms with Crippen LogP contribution in [0, 0.1) is 13.8 Å². The highest BCUT2D eigenvalue weighted by atomic mass is 32.2. The van der Waals surface area contributed by atoms with Crippen LogP contribution < -0.4 is 10.2 Å². The number of nitrogens with one attached hydrogen (secondary N) is 1. The minimum absolute atomic E-state index is 0.0498. The Bertz CT molecular complexity index is 959. The minimum atomic E-state index is -3.70. The molecule has 0 bridgehead atoms. The average molecular weight is 422 g/mol. The summed E-state index contributed by atoms with van der Waals surface area (Å²) in [4.78, 5) is 15.0. The molecular weight excluding hydrogens is 394 g/mol. The molecule has 1 aromatic carbocycles. The first kappa shape index (κ1) is 20.8. The van der Waals surface area contributed by atoms with Gasteiger partial charge in [0, 0.05) is 37.9 Å². The van der Waals surface area contributed by atoms with E-state index in [0.29, 0.717) is 26.2 Å². The number of carbonyl (C=O) groups is 1. The fourth-order valence-corrected chi connectivity index (χ4v) is 6.09. The molecule has 3 rings (SSSR count). The summed E-state index contributed by atoms with van der Waals surface area (Å²) in [6.45, 7) is 9.89. The third-order valence-electron chi connectivity index (χ3n) is 4.82. The molecule has 2 aromatic rings. The van der Waals surface area contributed by atoms with Gasteiger partial charge in [0.15, 0.2) is 0 Å². The Morgan fingerprint density at radius 1 is 1.11 bits per heavy atom. The van der Waals surface area contributed by atoms with Crippen molar-refractivity contribution in [2.45, 2.75) is 38.6 Å². The molecule has 1 aliphatic rings. The van der Waals surface area contributed by atoms with E-state index in [1.54, 1.807) is 5.38 Å². The first-order chi connectivity index (χ1) is 13.2. The van der Waals surface area contributed by atoms with E-state index >= 15 is 0 Å². The van der Waals surface area contributed by atoms with E-state index in [-0.39, 0.29) is 21.7 Å². The van der Waals surface area contributed by atoms with Crippen LogP contribution in [0.2, 0.25) is 0 Å². The number of nitrogens with zero attached hydrogens (tertiary/aromatic N) is 2. The lowest BCUT2D eigenvalue weighted by Crippen LogP contribution is -2.49. The van der Waals surface area contributed by atoms with Gasteiger partial charge >= 0.3 is 0 Å². The zero-order valence-electron chi connectivity index (χ0n) is 16.7. The van der Waals surface area contributed by atoms with Gasteiger partial charge < -0.3 is 10.2 Å². The molecule has 1 N–H and O–H groups in total. The molecule has 0 radical (unpaired) electrons. The van der Waals surface area contributed by atoms with Crippen LogP contribution >= 0.6 is 11.3 Å². The maximum absolute atomic E-state index is 13.2. The summed E-state index contributed by atoms with van der Waals surface area (Å²) in [6, 6.07) is 7.81. The lowest BCUT2D eigenvalue weighted by Gasteiger charge is -2.36. The van der Waals surface area contributed by atoms with Gasteiger partial charge in [0.05, 0.1) is 0 Å². The number of thiophene rings is 1. The second-order valence-corrected chi connectivity index (χ2v) is 10.2. The van der Waals surface area contributed by atoms with Crippen molar-refractivity contribution in [2.75, 3.05) is 31.1 Å². The molecule has 6 nitrogen and oxygen atoms in total. The number of anilines is 1. The van der Waals surface area contributed by atoms with E-state index in [0.717, 1.165) is 17.0 Å². The molecule has 0 unspecified atom stereocenters. The van der Waals surface area contributed by atoms with Crippen molar-refractivity contribution in [1.82, 2.24) is 9.62 Å². The Morgan fingerprint density at radius 3 is 2.43 bits per heavy atom. The summed E-state index contributed by atoms with van der Waals surface area (Å²) in [7, 11) is -3.70. The number of sulfonamides is 1. The lowest BCUT2D eigenvalue weighted by atomic mass is 10.1. The van der Waals surface area contributed by atoms with Crippen molar-refractivity contribution >= 4 is 33.0 Å². The molecule has 152 valence electrons. The molecule has 0 atom stereocenters. The third kappa shape index (κ3) is 4.24. The number of benzene rings is 1. The number of hydrogen-bond acceptors (Lipinski definition) is 5. The van der Waals surface area contributed by atoms with Crippen LogP contribution in [0.15, 0.2) is 34.5 Å². The fourth-order valence-electron chi connectivity index (χ4n) is 3.36. The topological polar surface area (TPSA) is 69.7 Å². The Labute approximate surface area is 171 Å². The highest BCUT2D eigenvalue weighted by Crippen LogP contribution is 2.28. The van der Waals surface area contributed by atoms with Crippen LogP contribution in [0.3, 0.4) is 0 Å². The first-order valence-electron chi connectivity index (χ1n) is 9.41. The van der Waals surface area contributed by atoms with E-state index in [4.69, 9.17) is 0 Å². The van der Waals surface area contributed by atoms with Gasteiger partial charge in [0.2, 0.25) is 10.0 Å². The van der Waals surface area contributed by atoms with Crippen molar-refractivity contribution in [1.29, 1.82) is 0 Å². The lowest BCUT2D eigenvalue weighted by molar-refractivity contribution is 0.0944. The molecule has 0 aliphatic carbocycles. The largest absolute Gasteiger partial charge is 0.369 e. The summed E-state index contributed by atoms with van der Waals surface area (Å²) in [5.41, 5.74) is 3.53. The first-order valence-corrected chi connectivity index (χ1v) is 11.7. The summed E-state index contributed by atoms with van der Waals surface area (Å²) in [6.07, 6.45) is 0. The van der Waals surface area contributed by atoms with E-state index < -0.39 is 10.0 Å².